The number of halogens is 1. The fourth-order valence-corrected chi connectivity index (χ4v) is 7.45. The monoisotopic (exact) mass is 663 g/mol. The van der Waals surface area contributed by atoms with Gasteiger partial charge in [0, 0.05) is 55.1 Å². The third kappa shape index (κ3) is 6.25. The summed E-state index contributed by atoms with van der Waals surface area (Å²) in [5, 5.41) is 12.6. The number of carbonyl (C=O) groups excluding carboxylic acids is 1. The number of carbonyl (C=O) groups is 1. The molecule has 1 amide bonds. The van der Waals surface area contributed by atoms with Crippen molar-refractivity contribution in [2.24, 2.45) is 0 Å². The molecule has 2 aromatic carbocycles. The first-order valence-corrected chi connectivity index (χ1v) is 16.8. The predicted molar refractivity (Wildman–Crippen MR) is 186 cm³/mol. The second kappa shape index (κ2) is 13.7. The van der Waals surface area contributed by atoms with E-state index in [1.54, 1.807) is 17.2 Å². The summed E-state index contributed by atoms with van der Waals surface area (Å²) < 4.78 is 6.33. The number of hydrogen-bond acceptors (Lipinski definition) is 10. The standard InChI is InChI=1S/C36H38ClN9O2/c1-24(30-12-15-39-23-40-30)35(47)46-19-18-45(20-26(46)11-14-38)34-28-13-17-44(32-10-4-7-25-6-3-9-29(37)33(25)32)21-31(28)41-36(42-34)48-22-27-8-5-16-43(27)2/h3-4,6-7,9-10,12,15,23,26-27H,1,5,8,11,13,16-22H2,2H3/t26-,27-/m0/s1. The summed E-state index contributed by atoms with van der Waals surface area (Å²) in [5.41, 5.74) is 3.82. The predicted octanol–water partition coefficient (Wildman–Crippen LogP) is 4.75. The number of anilines is 2. The number of piperazine rings is 1. The normalized spacial score (nSPS) is 19.6. The molecule has 3 aliphatic rings. The van der Waals surface area contributed by atoms with E-state index in [4.69, 9.17) is 26.3 Å². The molecule has 12 heteroatoms. The van der Waals surface area contributed by atoms with E-state index in [0.29, 0.717) is 50.5 Å². The minimum atomic E-state index is -0.352. The van der Waals surface area contributed by atoms with Gasteiger partial charge in [-0.3, -0.25) is 4.79 Å². The van der Waals surface area contributed by atoms with Crippen molar-refractivity contribution in [3.63, 3.8) is 0 Å². The maximum absolute atomic E-state index is 13.6. The number of likely N-dealkylation sites (tertiary alicyclic amines) is 1. The fourth-order valence-electron chi connectivity index (χ4n) is 7.17. The zero-order valence-corrected chi connectivity index (χ0v) is 27.8. The zero-order chi connectivity index (χ0) is 33.2. The summed E-state index contributed by atoms with van der Waals surface area (Å²) in [7, 11) is 2.13. The fraction of sp³-hybridized carbons (Fsp3) is 0.389. The van der Waals surface area contributed by atoms with Crippen LogP contribution in [-0.2, 0) is 17.8 Å². The Hall–Kier alpha value is -4.79. The van der Waals surface area contributed by atoms with Crippen molar-refractivity contribution in [1.29, 1.82) is 5.26 Å². The van der Waals surface area contributed by atoms with Crippen molar-refractivity contribution in [2.75, 3.05) is 56.2 Å². The lowest BCUT2D eigenvalue weighted by atomic mass is 10.0. The molecule has 2 saturated heterocycles. The maximum atomic E-state index is 13.6. The first-order valence-electron chi connectivity index (χ1n) is 16.4. The van der Waals surface area contributed by atoms with Crippen LogP contribution in [0.2, 0.25) is 5.02 Å². The first-order chi connectivity index (χ1) is 23.4. The molecule has 11 nitrogen and oxygen atoms in total. The molecular formula is C36H38ClN9O2. The second-order valence-electron chi connectivity index (χ2n) is 12.7. The number of fused-ring (bicyclic) bond motifs is 2. The van der Waals surface area contributed by atoms with Crippen molar-refractivity contribution in [2.45, 2.75) is 44.3 Å². The summed E-state index contributed by atoms with van der Waals surface area (Å²) >= 11 is 6.73. The molecule has 48 heavy (non-hydrogen) atoms. The van der Waals surface area contributed by atoms with Crippen molar-refractivity contribution in [3.8, 4) is 12.1 Å². The van der Waals surface area contributed by atoms with Crippen LogP contribution in [0.5, 0.6) is 6.01 Å². The van der Waals surface area contributed by atoms with Crippen LogP contribution in [0.3, 0.4) is 0 Å². The van der Waals surface area contributed by atoms with Crippen LogP contribution in [0.4, 0.5) is 11.5 Å². The van der Waals surface area contributed by atoms with Gasteiger partial charge < -0.3 is 24.3 Å². The molecule has 3 aliphatic heterocycles. The van der Waals surface area contributed by atoms with Crippen molar-refractivity contribution < 1.29 is 9.53 Å². The van der Waals surface area contributed by atoms with Gasteiger partial charge in [-0.25, -0.2) is 9.97 Å². The molecule has 0 saturated carbocycles. The minimum Gasteiger partial charge on any atom is -0.462 e. The summed E-state index contributed by atoms with van der Waals surface area (Å²) in [6, 6.07) is 16.5. The first kappa shape index (κ1) is 31.8. The van der Waals surface area contributed by atoms with Crippen molar-refractivity contribution in [1.82, 2.24) is 29.7 Å². The number of benzene rings is 2. The quantitative estimate of drug-likeness (QED) is 0.245. The number of hydrogen-bond donors (Lipinski definition) is 0. The van der Waals surface area contributed by atoms with Gasteiger partial charge in [-0.05, 0) is 56.4 Å². The Labute approximate surface area is 285 Å². The Morgan fingerprint density at radius 3 is 2.71 bits per heavy atom. The third-order valence-corrected chi connectivity index (χ3v) is 10.1. The average molecular weight is 664 g/mol. The summed E-state index contributed by atoms with van der Waals surface area (Å²) in [4.78, 5) is 40.4. The summed E-state index contributed by atoms with van der Waals surface area (Å²) in [5.74, 6) is 0.586. The van der Waals surface area contributed by atoms with Gasteiger partial charge in [0.2, 0.25) is 0 Å². The molecule has 2 atom stereocenters. The smallest absolute Gasteiger partial charge is 0.318 e. The Morgan fingerprint density at radius 1 is 1.08 bits per heavy atom. The van der Waals surface area contributed by atoms with Gasteiger partial charge in [-0.15, -0.1) is 0 Å². The Morgan fingerprint density at radius 2 is 1.94 bits per heavy atom. The van der Waals surface area contributed by atoms with E-state index in [9.17, 15) is 10.1 Å². The summed E-state index contributed by atoms with van der Waals surface area (Å²) in [6.07, 6.45) is 6.12. The highest BCUT2D eigenvalue weighted by Gasteiger charge is 2.35. The maximum Gasteiger partial charge on any atom is 0.318 e. The van der Waals surface area contributed by atoms with Crippen molar-refractivity contribution >= 4 is 45.4 Å². The lowest BCUT2D eigenvalue weighted by Gasteiger charge is -2.42. The SMILES string of the molecule is C=C(C(=O)N1CCN(c2nc(OC[C@@H]3CCCN3C)nc3c2CCN(c2cccc4cccc(Cl)c24)C3)C[C@@H]1CC#N)c1ccncn1. The van der Waals surface area contributed by atoms with E-state index in [1.165, 1.54) is 6.33 Å². The van der Waals surface area contributed by atoms with Crippen LogP contribution in [0.25, 0.3) is 16.3 Å². The number of nitrogens with zero attached hydrogens (tertiary/aromatic N) is 9. The Bertz CT molecular complexity index is 1880. The van der Waals surface area contributed by atoms with E-state index >= 15 is 0 Å². The van der Waals surface area contributed by atoms with E-state index in [0.717, 1.165) is 70.9 Å². The largest absolute Gasteiger partial charge is 0.462 e. The van der Waals surface area contributed by atoms with Crippen LogP contribution >= 0.6 is 11.6 Å². The van der Waals surface area contributed by atoms with Crippen LogP contribution in [-0.4, -0.2) is 94.1 Å². The highest BCUT2D eigenvalue weighted by Crippen LogP contribution is 2.37. The average Bonchev–Trinajstić information content (AvgIpc) is 3.54. The number of likely N-dealkylation sites (N-methyl/N-ethyl adjacent to an activating group) is 1. The molecule has 2 fully saturated rings. The number of aromatic nitrogens is 4. The van der Waals surface area contributed by atoms with Gasteiger partial charge in [0.15, 0.2) is 0 Å². The molecule has 0 unspecified atom stereocenters. The van der Waals surface area contributed by atoms with Crippen LogP contribution in [0, 0.1) is 11.3 Å². The minimum absolute atomic E-state index is 0.180. The van der Waals surface area contributed by atoms with Gasteiger partial charge >= 0.3 is 6.01 Å². The molecule has 0 radical (unpaired) electrons. The van der Waals surface area contributed by atoms with Gasteiger partial charge in [0.1, 0.15) is 18.8 Å². The van der Waals surface area contributed by atoms with E-state index in [2.05, 4.69) is 68.6 Å². The topological polar surface area (TPSA) is 115 Å². The highest BCUT2D eigenvalue weighted by molar-refractivity contribution is 6.36. The third-order valence-electron chi connectivity index (χ3n) is 9.79. The molecule has 4 aromatic rings. The number of ether oxygens (including phenoxy) is 1. The molecule has 7 rings (SSSR count). The van der Waals surface area contributed by atoms with Gasteiger partial charge in [-0.2, -0.15) is 15.2 Å². The summed E-state index contributed by atoms with van der Waals surface area (Å²) in [6.45, 7) is 8.35. The molecular weight excluding hydrogens is 626 g/mol. The molecule has 0 N–H and O–H groups in total. The number of rotatable bonds is 8. The molecule has 0 aliphatic carbocycles. The molecule has 5 heterocycles. The van der Waals surface area contributed by atoms with Gasteiger partial charge in [0.25, 0.3) is 5.91 Å². The van der Waals surface area contributed by atoms with Crippen LogP contribution in [0.15, 0.2) is 61.6 Å². The molecule has 2 aromatic heterocycles. The van der Waals surface area contributed by atoms with E-state index in [1.807, 2.05) is 12.1 Å². The Kier molecular flexibility index (Phi) is 9.11. The van der Waals surface area contributed by atoms with Crippen molar-refractivity contribution in [3.05, 3.63) is 83.5 Å². The van der Waals surface area contributed by atoms with E-state index in [-0.39, 0.29) is 23.9 Å². The van der Waals surface area contributed by atoms with Crippen LogP contribution in [0.1, 0.15) is 36.2 Å². The Balaban J connectivity index is 1.19. The van der Waals surface area contributed by atoms with E-state index < -0.39 is 0 Å². The highest BCUT2D eigenvalue weighted by atomic mass is 35.5. The lowest BCUT2D eigenvalue weighted by molar-refractivity contribution is -0.127. The molecule has 246 valence electrons. The number of amides is 1. The van der Waals surface area contributed by atoms with Crippen LogP contribution < -0.4 is 14.5 Å². The zero-order valence-electron chi connectivity index (χ0n) is 27.1. The second-order valence-corrected chi connectivity index (χ2v) is 13.1. The van der Waals surface area contributed by atoms with Gasteiger partial charge in [0.05, 0.1) is 47.1 Å². The lowest BCUT2D eigenvalue weighted by Crippen LogP contribution is -2.56. The number of nitriles is 1. The molecule has 0 bridgehead atoms. The van der Waals surface area contributed by atoms with Gasteiger partial charge in [-0.1, -0.05) is 42.4 Å². The molecule has 0 spiro atoms.